The Bertz CT molecular complexity index is 684. The number of rotatable bonds is 3. The number of pyridine rings is 1. The molecule has 0 amide bonds. The number of fused-ring (bicyclic) bond motifs is 1. The summed E-state index contributed by atoms with van der Waals surface area (Å²) in [5.41, 5.74) is 2.38. The summed E-state index contributed by atoms with van der Waals surface area (Å²) < 4.78 is 5.24. The number of nitrogens with one attached hydrogen (secondary N) is 1. The van der Waals surface area contributed by atoms with Gasteiger partial charge in [-0.15, -0.1) is 0 Å². The van der Waals surface area contributed by atoms with Gasteiger partial charge in [0, 0.05) is 23.7 Å². The largest absolute Gasteiger partial charge is 0.497 e. The summed E-state index contributed by atoms with van der Waals surface area (Å²) in [6.45, 7) is 0. The van der Waals surface area contributed by atoms with Crippen LogP contribution in [0.5, 0.6) is 5.75 Å². The second kappa shape index (κ2) is 6.01. The predicted octanol–water partition coefficient (Wildman–Crippen LogP) is 3.86. The average molecular weight is 281 g/mol. The van der Waals surface area contributed by atoms with E-state index in [0.29, 0.717) is 11.6 Å². The second-order valence-corrected chi connectivity index (χ2v) is 5.52. The lowest BCUT2D eigenvalue weighted by Gasteiger charge is -2.25. The van der Waals surface area contributed by atoms with Gasteiger partial charge in [0.25, 0.3) is 0 Å². The Labute approximate surface area is 124 Å². The van der Waals surface area contributed by atoms with Crippen LogP contribution in [0.4, 0.5) is 5.69 Å². The molecule has 108 valence electrons. The molecule has 1 fully saturated rings. The van der Waals surface area contributed by atoms with E-state index in [1.165, 1.54) is 32.1 Å². The van der Waals surface area contributed by atoms with Crippen molar-refractivity contribution in [1.29, 1.82) is 5.26 Å². The van der Waals surface area contributed by atoms with Gasteiger partial charge in [0.05, 0.1) is 23.9 Å². The van der Waals surface area contributed by atoms with E-state index in [2.05, 4.69) is 16.4 Å². The van der Waals surface area contributed by atoms with Crippen LogP contribution in [-0.2, 0) is 0 Å². The summed E-state index contributed by atoms with van der Waals surface area (Å²) in [6.07, 6.45) is 7.83. The van der Waals surface area contributed by atoms with E-state index in [0.717, 1.165) is 22.3 Å². The summed E-state index contributed by atoms with van der Waals surface area (Å²) in [5, 5.41) is 13.9. The summed E-state index contributed by atoms with van der Waals surface area (Å²) >= 11 is 0. The zero-order valence-corrected chi connectivity index (χ0v) is 12.2. The molecule has 1 aliphatic rings. The average Bonchev–Trinajstić information content (AvgIpc) is 2.55. The van der Waals surface area contributed by atoms with Gasteiger partial charge in [-0.05, 0) is 25.0 Å². The highest BCUT2D eigenvalue weighted by Crippen LogP contribution is 2.31. The van der Waals surface area contributed by atoms with Crippen molar-refractivity contribution in [3.63, 3.8) is 0 Å². The number of hydrogen-bond acceptors (Lipinski definition) is 4. The first kappa shape index (κ1) is 13.7. The van der Waals surface area contributed by atoms with Gasteiger partial charge in [0.15, 0.2) is 0 Å². The van der Waals surface area contributed by atoms with Crippen molar-refractivity contribution in [2.24, 2.45) is 0 Å². The van der Waals surface area contributed by atoms with Crippen molar-refractivity contribution >= 4 is 16.6 Å². The van der Waals surface area contributed by atoms with E-state index in [4.69, 9.17) is 4.74 Å². The first-order valence-corrected chi connectivity index (χ1v) is 7.45. The number of aromatic nitrogens is 1. The van der Waals surface area contributed by atoms with E-state index in [1.807, 2.05) is 18.2 Å². The van der Waals surface area contributed by atoms with Crippen molar-refractivity contribution in [3.05, 3.63) is 30.0 Å². The quantitative estimate of drug-likeness (QED) is 0.928. The topological polar surface area (TPSA) is 57.9 Å². The van der Waals surface area contributed by atoms with Crippen molar-refractivity contribution in [1.82, 2.24) is 4.98 Å². The van der Waals surface area contributed by atoms with Gasteiger partial charge >= 0.3 is 0 Å². The predicted molar refractivity (Wildman–Crippen MR) is 83.5 cm³/mol. The Morgan fingerprint density at radius 3 is 2.81 bits per heavy atom. The molecular weight excluding hydrogens is 262 g/mol. The molecule has 0 saturated heterocycles. The minimum absolute atomic E-state index is 0.457. The SMILES string of the molecule is COc1ccc2c(NC3CCCCC3)c(C#N)cnc2c1. The Morgan fingerprint density at radius 2 is 2.10 bits per heavy atom. The molecule has 1 aromatic heterocycles. The summed E-state index contributed by atoms with van der Waals surface area (Å²) in [5.74, 6) is 0.781. The highest BCUT2D eigenvalue weighted by atomic mass is 16.5. The lowest BCUT2D eigenvalue weighted by Crippen LogP contribution is -2.23. The number of nitriles is 1. The molecule has 1 aliphatic carbocycles. The Hall–Kier alpha value is -2.28. The molecule has 1 N–H and O–H groups in total. The smallest absolute Gasteiger partial charge is 0.121 e. The Kier molecular flexibility index (Phi) is 3.92. The molecule has 2 aromatic rings. The van der Waals surface area contributed by atoms with E-state index in [1.54, 1.807) is 13.3 Å². The van der Waals surface area contributed by atoms with Gasteiger partial charge in [-0.1, -0.05) is 19.3 Å². The highest BCUT2D eigenvalue weighted by molar-refractivity contribution is 5.94. The number of ether oxygens (including phenoxy) is 1. The van der Waals surface area contributed by atoms with Crippen LogP contribution in [0.25, 0.3) is 10.9 Å². The Balaban J connectivity index is 2.03. The van der Waals surface area contributed by atoms with E-state index in [9.17, 15) is 5.26 Å². The molecule has 0 aliphatic heterocycles. The minimum Gasteiger partial charge on any atom is -0.497 e. The molecule has 0 atom stereocenters. The van der Waals surface area contributed by atoms with Crippen LogP contribution >= 0.6 is 0 Å². The zero-order chi connectivity index (χ0) is 14.7. The standard InChI is InChI=1S/C17H19N3O/c1-21-14-7-8-15-16(9-14)19-11-12(10-18)17(15)20-13-5-3-2-4-6-13/h7-9,11,13H,2-6H2,1H3,(H,19,20). The molecule has 4 heteroatoms. The van der Waals surface area contributed by atoms with E-state index in [-0.39, 0.29) is 0 Å². The van der Waals surface area contributed by atoms with Crippen LogP contribution in [0.15, 0.2) is 24.4 Å². The fourth-order valence-electron chi connectivity index (χ4n) is 2.99. The number of hydrogen-bond donors (Lipinski definition) is 1. The van der Waals surface area contributed by atoms with Gasteiger partial charge in [0.2, 0.25) is 0 Å². The van der Waals surface area contributed by atoms with Crippen molar-refractivity contribution in [2.75, 3.05) is 12.4 Å². The molecular formula is C17H19N3O. The second-order valence-electron chi connectivity index (χ2n) is 5.52. The van der Waals surface area contributed by atoms with Gasteiger partial charge in [-0.3, -0.25) is 4.98 Å². The van der Waals surface area contributed by atoms with E-state index >= 15 is 0 Å². The molecule has 3 rings (SSSR count). The van der Waals surface area contributed by atoms with Gasteiger partial charge < -0.3 is 10.1 Å². The maximum atomic E-state index is 9.35. The fraction of sp³-hybridized carbons (Fsp3) is 0.412. The minimum atomic E-state index is 0.457. The van der Waals surface area contributed by atoms with Crippen LogP contribution < -0.4 is 10.1 Å². The van der Waals surface area contributed by atoms with Crippen molar-refractivity contribution < 1.29 is 4.74 Å². The van der Waals surface area contributed by atoms with Gasteiger partial charge in [-0.25, -0.2) is 0 Å². The number of anilines is 1. The Morgan fingerprint density at radius 1 is 1.29 bits per heavy atom. The zero-order valence-electron chi connectivity index (χ0n) is 12.2. The summed E-state index contributed by atoms with van der Waals surface area (Å²) in [4.78, 5) is 4.37. The molecule has 21 heavy (non-hydrogen) atoms. The summed E-state index contributed by atoms with van der Waals surface area (Å²) in [7, 11) is 1.64. The van der Waals surface area contributed by atoms with Crippen molar-refractivity contribution in [3.8, 4) is 11.8 Å². The van der Waals surface area contributed by atoms with Gasteiger partial charge in [0.1, 0.15) is 11.8 Å². The van der Waals surface area contributed by atoms with Crippen molar-refractivity contribution in [2.45, 2.75) is 38.1 Å². The van der Waals surface area contributed by atoms with Crippen LogP contribution in [0.2, 0.25) is 0 Å². The van der Waals surface area contributed by atoms with Gasteiger partial charge in [-0.2, -0.15) is 5.26 Å². The molecule has 1 heterocycles. The first-order valence-electron chi connectivity index (χ1n) is 7.45. The van der Waals surface area contributed by atoms with Crippen LogP contribution in [0.1, 0.15) is 37.7 Å². The number of nitrogens with zero attached hydrogens (tertiary/aromatic N) is 2. The third kappa shape index (κ3) is 2.78. The molecule has 0 bridgehead atoms. The lowest BCUT2D eigenvalue weighted by atomic mass is 9.95. The molecule has 4 nitrogen and oxygen atoms in total. The lowest BCUT2D eigenvalue weighted by molar-refractivity contribution is 0.415. The van der Waals surface area contributed by atoms with E-state index < -0.39 is 0 Å². The number of benzene rings is 1. The third-order valence-corrected chi connectivity index (χ3v) is 4.15. The molecule has 0 spiro atoms. The van der Waals surface area contributed by atoms with Crippen LogP contribution in [-0.4, -0.2) is 18.1 Å². The monoisotopic (exact) mass is 281 g/mol. The highest BCUT2D eigenvalue weighted by Gasteiger charge is 2.17. The van der Waals surface area contributed by atoms with Crippen LogP contribution in [0.3, 0.4) is 0 Å². The number of methoxy groups -OCH3 is 1. The normalized spacial score (nSPS) is 15.6. The molecule has 1 aromatic carbocycles. The molecule has 0 radical (unpaired) electrons. The van der Waals surface area contributed by atoms with Crippen LogP contribution in [0, 0.1) is 11.3 Å². The molecule has 1 saturated carbocycles. The molecule has 0 unspecified atom stereocenters. The first-order chi connectivity index (χ1) is 10.3. The maximum absolute atomic E-state index is 9.35. The fourth-order valence-corrected chi connectivity index (χ4v) is 2.99. The summed E-state index contributed by atoms with van der Waals surface area (Å²) in [6, 6.07) is 8.51. The third-order valence-electron chi connectivity index (χ3n) is 4.15. The maximum Gasteiger partial charge on any atom is 0.121 e.